The fourth-order valence-corrected chi connectivity index (χ4v) is 3.73. The van der Waals surface area contributed by atoms with Crippen LogP contribution in [0.1, 0.15) is 5.69 Å². The van der Waals surface area contributed by atoms with Crippen molar-refractivity contribution in [1.82, 2.24) is 34.5 Å². The zero-order valence-corrected chi connectivity index (χ0v) is 17.9. The third kappa shape index (κ3) is 4.24. The Morgan fingerprint density at radius 1 is 0.970 bits per heavy atom. The van der Waals surface area contributed by atoms with E-state index in [2.05, 4.69) is 35.3 Å². The van der Waals surface area contributed by atoms with Crippen molar-refractivity contribution in [3.05, 3.63) is 79.3 Å². The molecule has 0 aliphatic heterocycles. The molecule has 0 atom stereocenters. The van der Waals surface area contributed by atoms with Crippen LogP contribution in [-0.2, 0) is 16.6 Å². The number of anilines is 1. The largest absolute Gasteiger partial charge is 0.362 e. The second-order valence-corrected chi connectivity index (χ2v) is 8.52. The average Bonchev–Trinajstić information content (AvgIpc) is 3.28. The van der Waals surface area contributed by atoms with Gasteiger partial charge in [0.15, 0.2) is 10.8 Å². The van der Waals surface area contributed by atoms with E-state index in [9.17, 15) is 8.42 Å². The topological polar surface area (TPSA) is 154 Å². The predicted molar refractivity (Wildman–Crippen MR) is 120 cm³/mol. The number of benzene rings is 1. The lowest BCUT2D eigenvalue weighted by atomic mass is 10.1. The molecular formula is C21H17N9O2S. The first-order valence-electron chi connectivity index (χ1n) is 9.78. The molecule has 0 bridgehead atoms. The van der Waals surface area contributed by atoms with Gasteiger partial charge in [0, 0.05) is 24.2 Å². The summed E-state index contributed by atoms with van der Waals surface area (Å²) in [5, 5.41) is 12.7. The van der Waals surface area contributed by atoms with E-state index >= 15 is 0 Å². The summed E-state index contributed by atoms with van der Waals surface area (Å²) < 4.78 is 25.1. The molecule has 0 unspecified atom stereocenters. The minimum atomic E-state index is -4.03. The monoisotopic (exact) mass is 459 g/mol. The van der Waals surface area contributed by atoms with Crippen LogP contribution < -0.4 is 10.5 Å². The van der Waals surface area contributed by atoms with Crippen molar-refractivity contribution < 1.29 is 8.42 Å². The predicted octanol–water partition coefficient (Wildman–Crippen LogP) is 1.90. The highest BCUT2D eigenvalue weighted by molar-refractivity contribution is 7.89. The second-order valence-electron chi connectivity index (χ2n) is 7.01. The van der Waals surface area contributed by atoms with Crippen LogP contribution in [0, 0.1) is 0 Å². The second kappa shape index (κ2) is 8.33. The van der Waals surface area contributed by atoms with E-state index < -0.39 is 10.0 Å². The Morgan fingerprint density at radius 2 is 1.82 bits per heavy atom. The Bertz CT molecular complexity index is 1540. The number of nitrogens with two attached hydrogens (primary N) is 1. The number of aromatic nitrogens is 7. The van der Waals surface area contributed by atoms with Crippen molar-refractivity contribution in [3.63, 3.8) is 0 Å². The number of hydrogen-bond acceptors (Lipinski definition) is 9. The van der Waals surface area contributed by atoms with Crippen molar-refractivity contribution in [2.75, 3.05) is 5.32 Å². The number of nitrogens with one attached hydrogen (secondary N) is 1. The number of hydrogen-bond donors (Lipinski definition) is 2. The van der Waals surface area contributed by atoms with Gasteiger partial charge in [-0.1, -0.05) is 30.3 Å². The molecule has 0 aliphatic rings. The van der Waals surface area contributed by atoms with E-state index in [0.29, 0.717) is 12.4 Å². The third-order valence-corrected chi connectivity index (χ3v) is 5.56. The Morgan fingerprint density at radius 3 is 2.58 bits per heavy atom. The first-order chi connectivity index (χ1) is 16.0. The maximum atomic E-state index is 11.7. The van der Waals surface area contributed by atoms with Gasteiger partial charge in [-0.05, 0) is 11.6 Å². The number of nitrogens with zero attached hydrogens (tertiary/aromatic N) is 7. The van der Waals surface area contributed by atoms with Crippen LogP contribution in [0.3, 0.4) is 0 Å². The van der Waals surface area contributed by atoms with Crippen LogP contribution in [0.25, 0.3) is 28.2 Å². The Hall–Kier alpha value is -4.29. The molecule has 0 saturated carbocycles. The van der Waals surface area contributed by atoms with E-state index in [0.717, 1.165) is 28.5 Å². The van der Waals surface area contributed by atoms with Gasteiger partial charge in [-0.15, -0.1) is 5.10 Å². The Balaban J connectivity index is 1.65. The van der Waals surface area contributed by atoms with E-state index in [1.54, 1.807) is 29.3 Å². The normalized spacial score (nSPS) is 11.5. The first-order valence-corrected chi connectivity index (χ1v) is 11.3. The lowest BCUT2D eigenvalue weighted by molar-refractivity contribution is 0.593. The van der Waals surface area contributed by atoms with Crippen molar-refractivity contribution in [2.45, 2.75) is 11.6 Å². The highest BCUT2D eigenvalue weighted by Crippen LogP contribution is 2.31. The summed E-state index contributed by atoms with van der Waals surface area (Å²) in [5.41, 5.74) is 3.55. The summed E-state index contributed by atoms with van der Waals surface area (Å²) in [4.78, 5) is 21.0. The lowest BCUT2D eigenvalue weighted by Crippen LogP contribution is -2.15. The molecule has 4 aromatic heterocycles. The Labute approximate surface area is 188 Å². The number of sulfonamides is 1. The highest BCUT2D eigenvalue weighted by atomic mass is 32.2. The molecule has 3 N–H and O–H groups in total. The fraction of sp³-hybridized carbons (Fsp3) is 0.0476. The summed E-state index contributed by atoms with van der Waals surface area (Å²) >= 11 is 0. The van der Waals surface area contributed by atoms with Gasteiger partial charge in [0.1, 0.15) is 11.2 Å². The molecule has 0 saturated heterocycles. The van der Waals surface area contributed by atoms with Crippen molar-refractivity contribution >= 4 is 21.4 Å². The van der Waals surface area contributed by atoms with E-state index in [1.807, 2.05) is 36.4 Å². The summed E-state index contributed by atoms with van der Waals surface area (Å²) in [6, 6.07) is 11.8. The van der Waals surface area contributed by atoms with Crippen LogP contribution >= 0.6 is 0 Å². The van der Waals surface area contributed by atoms with Gasteiger partial charge in [-0.3, -0.25) is 15.0 Å². The van der Waals surface area contributed by atoms with Gasteiger partial charge < -0.3 is 5.32 Å². The van der Waals surface area contributed by atoms with Crippen LogP contribution in [0.2, 0.25) is 0 Å². The van der Waals surface area contributed by atoms with Gasteiger partial charge in [0.2, 0.25) is 5.82 Å². The smallest absolute Gasteiger partial charge is 0.257 e. The quantitative estimate of drug-likeness (QED) is 0.387. The Kier molecular flexibility index (Phi) is 5.20. The highest BCUT2D eigenvalue weighted by Gasteiger charge is 2.18. The number of primary sulfonamides is 1. The number of rotatable bonds is 6. The van der Waals surface area contributed by atoms with Gasteiger partial charge in [-0.2, -0.15) is 0 Å². The third-order valence-electron chi connectivity index (χ3n) is 4.78. The summed E-state index contributed by atoms with van der Waals surface area (Å²) in [5.74, 6) is 0.690. The van der Waals surface area contributed by atoms with Crippen LogP contribution in [0.5, 0.6) is 0 Å². The zero-order valence-electron chi connectivity index (χ0n) is 17.1. The molecule has 11 nitrogen and oxygen atoms in total. The van der Waals surface area contributed by atoms with Crippen molar-refractivity contribution in [2.24, 2.45) is 5.14 Å². The SMILES string of the molecule is NS(=O)(=O)c1cncc(-c2nc(NCc3cnccn3)c3c(-c4ccccc4)ccn3n2)n1. The maximum Gasteiger partial charge on any atom is 0.257 e. The van der Waals surface area contributed by atoms with Crippen LogP contribution in [0.15, 0.2) is 78.6 Å². The van der Waals surface area contributed by atoms with Gasteiger partial charge in [0.25, 0.3) is 10.0 Å². The average molecular weight is 459 g/mol. The molecule has 0 spiro atoms. The molecule has 33 heavy (non-hydrogen) atoms. The first kappa shape index (κ1) is 20.6. The van der Waals surface area contributed by atoms with E-state index in [1.165, 1.54) is 6.20 Å². The molecule has 5 aromatic rings. The molecule has 164 valence electrons. The molecule has 0 fully saturated rings. The standard InChI is InChI=1S/C21H17N9O2S/c22-33(31,32)18-13-24-12-17(27-18)20-28-21(26-11-15-10-23-7-8-25-15)19-16(6-9-30(19)29-20)14-4-2-1-3-5-14/h1-10,12-13H,11H2,(H2,22,31,32)(H,26,28,29). The van der Waals surface area contributed by atoms with E-state index in [4.69, 9.17) is 5.14 Å². The minimum Gasteiger partial charge on any atom is -0.362 e. The molecule has 0 amide bonds. The molecular weight excluding hydrogens is 442 g/mol. The summed E-state index contributed by atoms with van der Waals surface area (Å²) in [7, 11) is -4.03. The molecule has 0 radical (unpaired) electrons. The molecule has 12 heteroatoms. The molecule has 5 rings (SSSR count). The lowest BCUT2D eigenvalue weighted by Gasteiger charge is -2.11. The van der Waals surface area contributed by atoms with Crippen LogP contribution in [0.4, 0.5) is 5.82 Å². The zero-order chi connectivity index (χ0) is 22.8. The van der Waals surface area contributed by atoms with E-state index in [-0.39, 0.29) is 16.5 Å². The maximum absolute atomic E-state index is 11.7. The fourth-order valence-electron chi connectivity index (χ4n) is 3.30. The summed E-state index contributed by atoms with van der Waals surface area (Å²) in [6.07, 6.45) is 9.12. The van der Waals surface area contributed by atoms with Gasteiger partial charge >= 0.3 is 0 Å². The number of fused-ring (bicyclic) bond motifs is 1. The summed E-state index contributed by atoms with van der Waals surface area (Å²) in [6.45, 7) is 0.363. The molecule has 1 aromatic carbocycles. The minimum absolute atomic E-state index is 0.168. The van der Waals surface area contributed by atoms with Crippen molar-refractivity contribution in [3.8, 4) is 22.6 Å². The van der Waals surface area contributed by atoms with Crippen molar-refractivity contribution in [1.29, 1.82) is 0 Å². The van der Waals surface area contributed by atoms with Crippen LogP contribution in [-0.4, -0.2) is 43.0 Å². The van der Waals surface area contributed by atoms with Gasteiger partial charge in [-0.25, -0.2) is 28.0 Å². The molecule has 4 heterocycles. The molecule has 0 aliphatic carbocycles. The van der Waals surface area contributed by atoms with Gasteiger partial charge in [0.05, 0.1) is 30.8 Å².